The fourth-order valence-corrected chi connectivity index (χ4v) is 3.62. The number of hydrogen-bond donors (Lipinski definition) is 1. The molecule has 1 amide bonds. The number of ether oxygens (including phenoxy) is 1. The van der Waals surface area contributed by atoms with E-state index in [1.54, 1.807) is 0 Å². The van der Waals surface area contributed by atoms with Crippen LogP contribution in [0, 0.1) is 11.3 Å². The van der Waals surface area contributed by atoms with Crippen molar-refractivity contribution in [1.82, 2.24) is 15.1 Å². The third-order valence-corrected chi connectivity index (χ3v) is 5.14. The van der Waals surface area contributed by atoms with Crippen LogP contribution in [-0.4, -0.2) is 73.7 Å². The molecule has 1 saturated heterocycles. The lowest BCUT2D eigenvalue weighted by atomic mass is 9.92. The predicted octanol–water partition coefficient (Wildman–Crippen LogP) is 1.37. The molecule has 0 aromatic heterocycles. The summed E-state index contributed by atoms with van der Waals surface area (Å²) in [5.41, 5.74) is -0.632. The molecule has 0 unspecified atom stereocenters. The van der Waals surface area contributed by atoms with Gasteiger partial charge in [0.1, 0.15) is 5.54 Å². The molecule has 0 radical (unpaired) electrons. The van der Waals surface area contributed by atoms with E-state index < -0.39 is 5.54 Å². The normalized spacial score (nSPS) is 22.5. The number of piperazine rings is 1. The Morgan fingerprint density at radius 1 is 1.12 bits per heavy atom. The molecule has 1 aliphatic carbocycles. The molecule has 0 aromatic rings. The van der Waals surface area contributed by atoms with Crippen molar-refractivity contribution in [1.29, 1.82) is 5.26 Å². The number of carbonyl (C=O) groups is 1. The van der Waals surface area contributed by atoms with Gasteiger partial charge in [0.15, 0.2) is 0 Å². The maximum absolute atomic E-state index is 12.4. The number of hydrogen-bond acceptors (Lipinski definition) is 5. The fourth-order valence-electron chi connectivity index (χ4n) is 3.62. The van der Waals surface area contributed by atoms with Gasteiger partial charge in [-0.2, -0.15) is 5.26 Å². The molecule has 24 heavy (non-hydrogen) atoms. The maximum atomic E-state index is 12.4. The predicted molar refractivity (Wildman–Crippen MR) is 93.6 cm³/mol. The second-order valence-electron chi connectivity index (χ2n) is 6.97. The number of amides is 1. The summed E-state index contributed by atoms with van der Waals surface area (Å²) in [5, 5.41) is 12.6. The molecule has 1 aliphatic heterocycles. The van der Waals surface area contributed by atoms with Crippen LogP contribution in [0.15, 0.2) is 0 Å². The molecule has 2 aliphatic rings. The minimum atomic E-state index is -0.632. The van der Waals surface area contributed by atoms with Crippen LogP contribution >= 0.6 is 0 Å². The first-order chi connectivity index (χ1) is 11.7. The van der Waals surface area contributed by atoms with Gasteiger partial charge < -0.3 is 10.1 Å². The lowest BCUT2D eigenvalue weighted by Gasteiger charge is -2.35. The Morgan fingerprint density at radius 2 is 1.75 bits per heavy atom. The Morgan fingerprint density at radius 3 is 2.33 bits per heavy atom. The van der Waals surface area contributed by atoms with E-state index in [0.717, 1.165) is 71.6 Å². The molecule has 6 nitrogen and oxygen atoms in total. The first-order valence-corrected chi connectivity index (χ1v) is 9.42. The first-order valence-electron chi connectivity index (χ1n) is 9.42. The third kappa shape index (κ3) is 6.04. The standard InChI is InChI=1S/C18H32N4O2/c1-2-24-14-13-21-9-11-22(12-10-21)15-17(23)20-18(16-19)7-5-3-4-6-8-18/h2-15H2,1H3,(H,20,23). The number of nitriles is 1. The van der Waals surface area contributed by atoms with Crippen molar-refractivity contribution in [3.63, 3.8) is 0 Å². The topological polar surface area (TPSA) is 68.6 Å². The van der Waals surface area contributed by atoms with Gasteiger partial charge in [0.2, 0.25) is 5.91 Å². The van der Waals surface area contributed by atoms with E-state index in [2.05, 4.69) is 21.2 Å². The van der Waals surface area contributed by atoms with E-state index in [9.17, 15) is 10.1 Å². The van der Waals surface area contributed by atoms with Gasteiger partial charge in [0.05, 0.1) is 19.2 Å². The van der Waals surface area contributed by atoms with Crippen molar-refractivity contribution in [2.24, 2.45) is 0 Å². The number of nitrogens with one attached hydrogen (secondary N) is 1. The molecular weight excluding hydrogens is 304 g/mol. The van der Waals surface area contributed by atoms with E-state index in [4.69, 9.17) is 4.74 Å². The summed E-state index contributed by atoms with van der Waals surface area (Å²) in [5.74, 6) is 0.00113. The van der Waals surface area contributed by atoms with Crippen LogP contribution in [0.1, 0.15) is 45.4 Å². The van der Waals surface area contributed by atoms with Crippen molar-refractivity contribution in [2.45, 2.75) is 51.0 Å². The van der Waals surface area contributed by atoms with Crippen LogP contribution in [0.5, 0.6) is 0 Å². The van der Waals surface area contributed by atoms with Crippen molar-refractivity contribution >= 4 is 5.91 Å². The zero-order valence-electron chi connectivity index (χ0n) is 15.1. The fraction of sp³-hybridized carbons (Fsp3) is 0.889. The maximum Gasteiger partial charge on any atom is 0.235 e. The number of rotatable bonds is 7. The zero-order valence-corrected chi connectivity index (χ0v) is 15.1. The van der Waals surface area contributed by atoms with Gasteiger partial charge in [-0.25, -0.2) is 0 Å². The Kier molecular flexibility index (Phi) is 7.97. The Bertz CT molecular complexity index is 419. The Labute approximate surface area is 146 Å². The van der Waals surface area contributed by atoms with E-state index >= 15 is 0 Å². The first kappa shape index (κ1) is 19.2. The monoisotopic (exact) mass is 336 g/mol. The summed E-state index contributed by atoms with van der Waals surface area (Å²) < 4.78 is 5.40. The Hall–Kier alpha value is -1.16. The minimum Gasteiger partial charge on any atom is -0.380 e. The van der Waals surface area contributed by atoms with Crippen LogP contribution in [0.4, 0.5) is 0 Å². The van der Waals surface area contributed by atoms with Crippen molar-refractivity contribution in [3.05, 3.63) is 0 Å². The van der Waals surface area contributed by atoms with E-state index in [1.807, 2.05) is 6.92 Å². The van der Waals surface area contributed by atoms with Crippen LogP contribution in [0.25, 0.3) is 0 Å². The molecule has 136 valence electrons. The molecule has 0 spiro atoms. The van der Waals surface area contributed by atoms with Gasteiger partial charge >= 0.3 is 0 Å². The Balaban J connectivity index is 1.72. The van der Waals surface area contributed by atoms with Crippen LogP contribution in [0.2, 0.25) is 0 Å². The minimum absolute atomic E-state index is 0.00113. The molecule has 6 heteroatoms. The molecule has 0 atom stereocenters. The summed E-state index contributed by atoms with van der Waals surface area (Å²) in [6.07, 6.45) is 5.99. The molecule has 1 N–H and O–H groups in total. The smallest absolute Gasteiger partial charge is 0.235 e. The lowest BCUT2D eigenvalue weighted by molar-refractivity contribution is -0.124. The molecule has 1 saturated carbocycles. The summed E-state index contributed by atoms with van der Waals surface area (Å²) >= 11 is 0. The van der Waals surface area contributed by atoms with Gasteiger partial charge in [0.25, 0.3) is 0 Å². The van der Waals surface area contributed by atoms with Gasteiger partial charge in [-0.1, -0.05) is 25.7 Å². The van der Waals surface area contributed by atoms with Crippen molar-refractivity contribution in [2.75, 3.05) is 52.5 Å². The second kappa shape index (κ2) is 9.97. The van der Waals surface area contributed by atoms with Crippen molar-refractivity contribution < 1.29 is 9.53 Å². The zero-order chi connectivity index (χ0) is 17.3. The molecule has 0 bridgehead atoms. The van der Waals surface area contributed by atoms with Gasteiger partial charge in [0, 0.05) is 39.3 Å². The van der Waals surface area contributed by atoms with Gasteiger partial charge in [-0.05, 0) is 19.8 Å². The van der Waals surface area contributed by atoms with Gasteiger partial charge in [-0.3, -0.25) is 14.6 Å². The van der Waals surface area contributed by atoms with E-state index in [1.165, 1.54) is 12.8 Å². The SMILES string of the molecule is CCOCCN1CCN(CC(=O)NC2(C#N)CCCCCC2)CC1. The number of nitrogens with zero attached hydrogens (tertiary/aromatic N) is 3. The average Bonchev–Trinajstić information content (AvgIpc) is 2.83. The highest BCUT2D eigenvalue weighted by atomic mass is 16.5. The highest BCUT2D eigenvalue weighted by Gasteiger charge is 2.33. The van der Waals surface area contributed by atoms with E-state index in [-0.39, 0.29) is 5.91 Å². The van der Waals surface area contributed by atoms with Crippen LogP contribution < -0.4 is 5.32 Å². The summed E-state index contributed by atoms with van der Waals surface area (Å²) in [6.45, 7) is 8.68. The summed E-state index contributed by atoms with van der Waals surface area (Å²) in [6, 6.07) is 2.39. The molecule has 2 fully saturated rings. The highest BCUT2D eigenvalue weighted by Crippen LogP contribution is 2.26. The number of carbonyl (C=O) groups excluding carboxylic acids is 1. The molecular formula is C18H32N4O2. The van der Waals surface area contributed by atoms with Gasteiger partial charge in [-0.15, -0.1) is 0 Å². The molecule has 0 aromatic carbocycles. The third-order valence-electron chi connectivity index (χ3n) is 5.14. The highest BCUT2D eigenvalue weighted by molar-refractivity contribution is 5.79. The van der Waals surface area contributed by atoms with Crippen molar-refractivity contribution in [3.8, 4) is 6.07 Å². The average molecular weight is 336 g/mol. The molecule has 2 rings (SSSR count). The second-order valence-corrected chi connectivity index (χ2v) is 6.97. The van der Waals surface area contributed by atoms with E-state index in [0.29, 0.717) is 6.54 Å². The molecule has 1 heterocycles. The summed E-state index contributed by atoms with van der Waals surface area (Å²) in [4.78, 5) is 17.0. The van der Waals surface area contributed by atoms with Crippen LogP contribution in [0.3, 0.4) is 0 Å². The largest absolute Gasteiger partial charge is 0.380 e. The van der Waals surface area contributed by atoms with Crippen LogP contribution in [-0.2, 0) is 9.53 Å². The lowest BCUT2D eigenvalue weighted by Crippen LogP contribution is -2.53. The quantitative estimate of drug-likeness (QED) is 0.562. The summed E-state index contributed by atoms with van der Waals surface area (Å²) in [7, 11) is 0.